The number of nitrogens with zero attached hydrogens (tertiary/aromatic N) is 3. The highest BCUT2D eigenvalue weighted by Crippen LogP contribution is 2.28. The van der Waals surface area contributed by atoms with E-state index in [1.165, 1.54) is 0 Å². The summed E-state index contributed by atoms with van der Waals surface area (Å²) in [5.74, 6) is 1.26. The van der Waals surface area contributed by atoms with Crippen LogP contribution in [-0.2, 0) is 11.3 Å². The van der Waals surface area contributed by atoms with Gasteiger partial charge in [-0.1, -0.05) is 29.4 Å². The summed E-state index contributed by atoms with van der Waals surface area (Å²) < 4.78 is 5.34. The summed E-state index contributed by atoms with van der Waals surface area (Å²) in [5.41, 5.74) is 7.53. The highest BCUT2D eigenvalue weighted by atomic mass is 35.5. The van der Waals surface area contributed by atoms with Gasteiger partial charge in [-0.05, 0) is 12.0 Å². The number of likely N-dealkylation sites (tertiary alicyclic amines) is 1. The van der Waals surface area contributed by atoms with Crippen LogP contribution in [-0.4, -0.2) is 34.5 Å². The van der Waals surface area contributed by atoms with Crippen molar-refractivity contribution in [1.82, 2.24) is 15.0 Å². The predicted molar refractivity (Wildman–Crippen MR) is 84.5 cm³/mol. The minimum atomic E-state index is 0. The van der Waals surface area contributed by atoms with Gasteiger partial charge in [0.15, 0.2) is 0 Å². The van der Waals surface area contributed by atoms with Crippen LogP contribution in [0.15, 0.2) is 28.8 Å². The quantitative estimate of drug-likeness (QED) is 0.933. The molecule has 1 aliphatic rings. The first-order chi connectivity index (χ1) is 10.2. The summed E-state index contributed by atoms with van der Waals surface area (Å²) in [4.78, 5) is 17.9. The SMILES string of the molecule is CN1CCC(c2nc(-c3ccc(CN)cc3)no2)CC1=O.Cl. The Morgan fingerprint density at radius 2 is 2.09 bits per heavy atom. The third-order valence-corrected chi connectivity index (χ3v) is 3.90. The Labute approximate surface area is 135 Å². The maximum absolute atomic E-state index is 11.7. The monoisotopic (exact) mass is 322 g/mol. The van der Waals surface area contributed by atoms with E-state index in [-0.39, 0.29) is 24.2 Å². The molecular weight excluding hydrogens is 304 g/mol. The fourth-order valence-electron chi connectivity index (χ4n) is 2.46. The van der Waals surface area contributed by atoms with Crippen LogP contribution in [0.5, 0.6) is 0 Å². The van der Waals surface area contributed by atoms with Crippen LogP contribution in [0.3, 0.4) is 0 Å². The van der Waals surface area contributed by atoms with Crippen LogP contribution in [0.2, 0.25) is 0 Å². The van der Waals surface area contributed by atoms with Gasteiger partial charge in [-0.2, -0.15) is 4.98 Å². The van der Waals surface area contributed by atoms with E-state index in [0.29, 0.717) is 24.7 Å². The Kier molecular flexibility index (Phi) is 5.15. The molecule has 1 aromatic heterocycles. The molecule has 7 heteroatoms. The van der Waals surface area contributed by atoms with Gasteiger partial charge in [0, 0.05) is 38.0 Å². The normalized spacial score (nSPS) is 18.2. The van der Waals surface area contributed by atoms with Gasteiger partial charge in [0.05, 0.1) is 0 Å². The first kappa shape index (κ1) is 16.5. The van der Waals surface area contributed by atoms with Crippen LogP contribution >= 0.6 is 12.4 Å². The van der Waals surface area contributed by atoms with E-state index in [2.05, 4.69) is 10.1 Å². The standard InChI is InChI=1S/C15H18N4O2.ClH/c1-19-7-6-12(8-13(19)20)15-17-14(18-21-15)11-4-2-10(9-16)3-5-11;/h2-5,12H,6-9,16H2,1H3;1H. The summed E-state index contributed by atoms with van der Waals surface area (Å²) in [6, 6.07) is 7.75. The Morgan fingerprint density at radius 3 is 2.73 bits per heavy atom. The van der Waals surface area contributed by atoms with Crippen molar-refractivity contribution in [3.63, 3.8) is 0 Å². The topological polar surface area (TPSA) is 85.2 Å². The summed E-state index contributed by atoms with van der Waals surface area (Å²) >= 11 is 0. The third kappa shape index (κ3) is 3.28. The number of hydrogen-bond acceptors (Lipinski definition) is 5. The molecule has 1 saturated heterocycles. The average molecular weight is 323 g/mol. The van der Waals surface area contributed by atoms with Gasteiger partial charge >= 0.3 is 0 Å². The maximum Gasteiger partial charge on any atom is 0.230 e. The molecule has 2 aromatic rings. The van der Waals surface area contributed by atoms with Crippen LogP contribution in [0.1, 0.15) is 30.2 Å². The fourth-order valence-corrected chi connectivity index (χ4v) is 2.46. The molecule has 0 radical (unpaired) electrons. The molecule has 118 valence electrons. The zero-order valence-electron chi connectivity index (χ0n) is 12.4. The molecule has 0 saturated carbocycles. The Bertz CT molecular complexity index is 641. The minimum absolute atomic E-state index is 0. The number of carbonyl (C=O) groups is 1. The molecule has 22 heavy (non-hydrogen) atoms. The van der Waals surface area contributed by atoms with Crippen LogP contribution in [0.25, 0.3) is 11.4 Å². The molecule has 3 rings (SSSR count). The predicted octanol–water partition coefficient (Wildman–Crippen LogP) is 1.95. The minimum Gasteiger partial charge on any atom is -0.346 e. The molecular formula is C15H19ClN4O2. The number of halogens is 1. The second-order valence-electron chi connectivity index (χ2n) is 5.36. The summed E-state index contributed by atoms with van der Waals surface area (Å²) in [6.45, 7) is 1.24. The van der Waals surface area contributed by atoms with E-state index in [1.54, 1.807) is 4.90 Å². The second-order valence-corrected chi connectivity index (χ2v) is 5.36. The number of piperidine rings is 1. The zero-order chi connectivity index (χ0) is 14.8. The molecule has 1 unspecified atom stereocenters. The van der Waals surface area contributed by atoms with Gasteiger partial charge in [-0.3, -0.25) is 4.79 Å². The Morgan fingerprint density at radius 1 is 1.36 bits per heavy atom. The number of rotatable bonds is 3. The van der Waals surface area contributed by atoms with Crippen molar-refractivity contribution in [3.05, 3.63) is 35.7 Å². The van der Waals surface area contributed by atoms with Crippen molar-refractivity contribution < 1.29 is 9.32 Å². The van der Waals surface area contributed by atoms with Gasteiger partial charge < -0.3 is 15.2 Å². The molecule has 1 fully saturated rings. The smallest absolute Gasteiger partial charge is 0.230 e. The first-order valence-corrected chi connectivity index (χ1v) is 7.04. The van der Waals surface area contributed by atoms with Crippen molar-refractivity contribution in [2.45, 2.75) is 25.3 Å². The zero-order valence-corrected chi connectivity index (χ0v) is 13.2. The molecule has 2 N–H and O–H groups in total. The Hall–Kier alpha value is -1.92. The molecule has 1 amide bonds. The molecule has 1 atom stereocenters. The number of aromatic nitrogens is 2. The number of carbonyl (C=O) groups excluding carboxylic acids is 1. The fraction of sp³-hybridized carbons (Fsp3) is 0.400. The van der Waals surface area contributed by atoms with Crippen LogP contribution < -0.4 is 5.73 Å². The van der Waals surface area contributed by atoms with Gasteiger partial charge in [0.2, 0.25) is 17.6 Å². The third-order valence-electron chi connectivity index (χ3n) is 3.90. The van der Waals surface area contributed by atoms with E-state index >= 15 is 0 Å². The first-order valence-electron chi connectivity index (χ1n) is 7.04. The molecule has 1 aliphatic heterocycles. The van der Waals surface area contributed by atoms with Crippen molar-refractivity contribution in [1.29, 1.82) is 0 Å². The van der Waals surface area contributed by atoms with Gasteiger partial charge in [0.1, 0.15) is 0 Å². The van der Waals surface area contributed by atoms with E-state index < -0.39 is 0 Å². The molecule has 0 spiro atoms. The van der Waals surface area contributed by atoms with E-state index in [1.807, 2.05) is 31.3 Å². The lowest BCUT2D eigenvalue weighted by atomic mass is 9.96. The van der Waals surface area contributed by atoms with Crippen LogP contribution in [0, 0.1) is 0 Å². The summed E-state index contributed by atoms with van der Waals surface area (Å²) in [7, 11) is 1.82. The molecule has 6 nitrogen and oxygen atoms in total. The lowest BCUT2D eigenvalue weighted by molar-refractivity contribution is -0.132. The summed E-state index contributed by atoms with van der Waals surface area (Å²) in [5, 5.41) is 4.02. The largest absolute Gasteiger partial charge is 0.346 e. The number of benzene rings is 1. The molecule has 1 aromatic carbocycles. The number of amides is 1. The lowest BCUT2D eigenvalue weighted by Gasteiger charge is -2.26. The number of nitrogens with two attached hydrogens (primary N) is 1. The van der Waals surface area contributed by atoms with E-state index in [0.717, 1.165) is 24.1 Å². The summed E-state index contributed by atoms with van der Waals surface area (Å²) in [6.07, 6.45) is 1.29. The van der Waals surface area contributed by atoms with Gasteiger partial charge in [0.25, 0.3) is 0 Å². The second kappa shape index (κ2) is 6.89. The Balaban J connectivity index is 0.00000176. The maximum atomic E-state index is 11.7. The highest BCUT2D eigenvalue weighted by molar-refractivity contribution is 5.85. The molecule has 2 heterocycles. The van der Waals surface area contributed by atoms with Crippen molar-refractivity contribution in [2.75, 3.05) is 13.6 Å². The lowest BCUT2D eigenvalue weighted by Crippen LogP contribution is -2.34. The van der Waals surface area contributed by atoms with Crippen molar-refractivity contribution in [2.24, 2.45) is 5.73 Å². The highest BCUT2D eigenvalue weighted by Gasteiger charge is 2.28. The average Bonchev–Trinajstić information content (AvgIpc) is 3.00. The van der Waals surface area contributed by atoms with Crippen LogP contribution in [0.4, 0.5) is 0 Å². The van der Waals surface area contributed by atoms with Crippen molar-refractivity contribution in [3.8, 4) is 11.4 Å². The van der Waals surface area contributed by atoms with Gasteiger partial charge in [-0.15, -0.1) is 12.4 Å². The number of hydrogen-bond donors (Lipinski definition) is 1. The van der Waals surface area contributed by atoms with E-state index in [4.69, 9.17) is 10.3 Å². The van der Waals surface area contributed by atoms with Crippen molar-refractivity contribution >= 4 is 18.3 Å². The van der Waals surface area contributed by atoms with E-state index in [9.17, 15) is 4.79 Å². The van der Waals surface area contributed by atoms with Gasteiger partial charge in [-0.25, -0.2) is 0 Å². The molecule has 0 aliphatic carbocycles. The molecule has 0 bridgehead atoms.